The second-order valence-corrected chi connectivity index (χ2v) is 7.20. The third-order valence-electron chi connectivity index (χ3n) is 4.87. The van der Waals surface area contributed by atoms with E-state index in [2.05, 4.69) is 20.3 Å². The van der Waals surface area contributed by atoms with Gasteiger partial charge in [-0.25, -0.2) is 4.98 Å². The molecule has 3 aromatic rings. The lowest BCUT2D eigenvalue weighted by molar-refractivity contribution is -0.0713. The minimum Gasteiger partial charge on any atom is -0.387 e. The number of aromatic nitrogens is 5. The van der Waals surface area contributed by atoms with Crippen molar-refractivity contribution in [1.82, 2.24) is 25.0 Å². The number of hydrogen-bond donors (Lipinski definition) is 2. The van der Waals surface area contributed by atoms with Crippen LogP contribution in [0.5, 0.6) is 0 Å². The van der Waals surface area contributed by atoms with E-state index in [9.17, 15) is 5.11 Å². The van der Waals surface area contributed by atoms with Crippen LogP contribution < -0.4 is 0 Å². The molecule has 2 heterocycles. The average Bonchev–Trinajstić information content (AvgIpc) is 3.28. The number of nitrogens with zero attached hydrogens (tertiary/aromatic N) is 4. The molecule has 7 heteroatoms. The number of nitrogens with one attached hydrogen (secondary N) is 1. The van der Waals surface area contributed by atoms with Gasteiger partial charge in [0, 0.05) is 23.8 Å². The zero-order valence-electron chi connectivity index (χ0n) is 14.4. The Morgan fingerprint density at radius 3 is 2.60 bits per heavy atom. The Morgan fingerprint density at radius 2 is 2.00 bits per heavy atom. The van der Waals surface area contributed by atoms with Gasteiger partial charge in [0.05, 0.1) is 11.1 Å². The Labute approximate surface area is 151 Å². The molecule has 1 atom stereocenters. The number of benzene rings is 1. The Hall–Kier alpha value is -2.18. The number of aliphatic hydroxyl groups is 1. The molecule has 2 N–H and O–H groups in total. The smallest absolute Gasteiger partial charge is 0.153 e. The van der Waals surface area contributed by atoms with Crippen molar-refractivity contribution in [3.8, 4) is 0 Å². The molecular formula is C18H22ClN5O. The van der Waals surface area contributed by atoms with Gasteiger partial charge in [0.2, 0.25) is 0 Å². The summed E-state index contributed by atoms with van der Waals surface area (Å²) in [5, 5.41) is 23.5. The number of halogens is 1. The molecule has 25 heavy (non-hydrogen) atoms. The van der Waals surface area contributed by atoms with Crippen LogP contribution in [0.1, 0.15) is 31.7 Å². The van der Waals surface area contributed by atoms with Gasteiger partial charge in [-0.3, -0.25) is 9.78 Å². The van der Waals surface area contributed by atoms with E-state index in [0.29, 0.717) is 30.1 Å². The highest BCUT2D eigenvalue weighted by atomic mass is 35.5. The maximum Gasteiger partial charge on any atom is 0.153 e. The number of aryl methyl sites for hydroxylation is 1. The van der Waals surface area contributed by atoms with Gasteiger partial charge in [-0.2, -0.15) is 10.2 Å². The first-order valence-electron chi connectivity index (χ1n) is 8.22. The molecule has 0 saturated heterocycles. The topological polar surface area (TPSA) is 79.6 Å². The van der Waals surface area contributed by atoms with Crippen LogP contribution in [0.2, 0.25) is 5.02 Å². The molecule has 0 saturated carbocycles. The normalized spacial score (nSPS) is 14.4. The predicted molar refractivity (Wildman–Crippen MR) is 96.4 cm³/mol. The van der Waals surface area contributed by atoms with E-state index in [-0.39, 0.29) is 0 Å². The summed E-state index contributed by atoms with van der Waals surface area (Å²) in [5.41, 5.74) is -0.598. The standard InChI is InChI=1S/C18H22ClN5O/c1-17(2,24-11-3-10-22-24)18(25,12-16-20-13-21-23-16)9-8-14-4-6-15(19)7-5-14/h3-7,10-11,13,25H,8-9,12H2,1-2H3,(H,20,21,23). The van der Waals surface area contributed by atoms with Crippen molar-refractivity contribution in [2.24, 2.45) is 0 Å². The summed E-state index contributed by atoms with van der Waals surface area (Å²) in [5.74, 6) is 0.582. The summed E-state index contributed by atoms with van der Waals surface area (Å²) >= 11 is 5.96. The van der Waals surface area contributed by atoms with Gasteiger partial charge in [0.25, 0.3) is 0 Å². The minimum absolute atomic E-state index is 0.330. The fourth-order valence-corrected chi connectivity index (χ4v) is 3.13. The zero-order valence-corrected chi connectivity index (χ0v) is 15.1. The second kappa shape index (κ2) is 6.98. The molecule has 1 aromatic carbocycles. The highest BCUT2D eigenvalue weighted by molar-refractivity contribution is 6.30. The number of rotatable bonds is 7. The molecule has 0 aliphatic heterocycles. The van der Waals surface area contributed by atoms with Gasteiger partial charge in [-0.15, -0.1) is 0 Å². The van der Waals surface area contributed by atoms with Crippen molar-refractivity contribution in [1.29, 1.82) is 0 Å². The molecule has 0 fully saturated rings. The van der Waals surface area contributed by atoms with Crippen molar-refractivity contribution in [2.75, 3.05) is 0 Å². The molecule has 0 radical (unpaired) electrons. The summed E-state index contributed by atoms with van der Waals surface area (Å²) in [6, 6.07) is 9.55. The minimum atomic E-state index is -1.08. The SMILES string of the molecule is CC(C)(n1cccn1)C(O)(CCc1ccc(Cl)cc1)Cc1nc[nH]n1. The van der Waals surface area contributed by atoms with Crippen LogP contribution in [0.3, 0.4) is 0 Å². The molecule has 6 nitrogen and oxygen atoms in total. The largest absolute Gasteiger partial charge is 0.387 e. The van der Waals surface area contributed by atoms with E-state index < -0.39 is 11.1 Å². The summed E-state index contributed by atoms with van der Waals surface area (Å²) in [7, 11) is 0. The van der Waals surface area contributed by atoms with Gasteiger partial charge < -0.3 is 5.11 Å². The van der Waals surface area contributed by atoms with Crippen molar-refractivity contribution in [3.63, 3.8) is 0 Å². The first-order chi connectivity index (χ1) is 11.9. The van der Waals surface area contributed by atoms with Gasteiger partial charge >= 0.3 is 0 Å². The molecule has 3 rings (SSSR count). The van der Waals surface area contributed by atoms with Crippen LogP contribution in [0.25, 0.3) is 0 Å². The van der Waals surface area contributed by atoms with Crippen molar-refractivity contribution < 1.29 is 5.11 Å². The summed E-state index contributed by atoms with van der Waals surface area (Å²) in [6.07, 6.45) is 6.69. The predicted octanol–water partition coefficient (Wildman–Crippen LogP) is 3.00. The molecular weight excluding hydrogens is 338 g/mol. The molecule has 132 valence electrons. The summed E-state index contributed by atoms with van der Waals surface area (Å²) in [4.78, 5) is 4.19. The lowest BCUT2D eigenvalue weighted by Crippen LogP contribution is -2.54. The molecule has 0 aliphatic carbocycles. The highest BCUT2D eigenvalue weighted by Crippen LogP contribution is 2.35. The fraction of sp³-hybridized carbons (Fsp3) is 0.389. The van der Waals surface area contributed by atoms with Crippen LogP contribution in [0, 0.1) is 0 Å². The Balaban J connectivity index is 1.87. The number of hydrogen-bond acceptors (Lipinski definition) is 4. The van der Waals surface area contributed by atoms with Crippen molar-refractivity contribution in [2.45, 2.75) is 44.2 Å². The van der Waals surface area contributed by atoms with E-state index in [1.54, 1.807) is 10.9 Å². The van der Waals surface area contributed by atoms with E-state index >= 15 is 0 Å². The average molecular weight is 360 g/mol. The van der Waals surface area contributed by atoms with E-state index in [1.165, 1.54) is 6.33 Å². The van der Waals surface area contributed by atoms with E-state index in [4.69, 9.17) is 11.6 Å². The Bertz CT molecular complexity index is 784. The molecule has 0 spiro atoms. The molecule has 0 aliphatic rings. The van der Waals surface area contributed by atoms with Crippen LogP contribution in [-0.4, -0.2) is 35.7 Å². The number of aromatic amines is 1. The van der Waals surface area contributed by atoms with Gasteiger partial charge in [0.1, 0.15) is 6.33 Å². The van der Waals surface area contributed by atoms with Crippen LogP contribution >= 0.6 is 11.6 Å². The lowest BCUT2D eigenvalue weighted by Gasteiger charge is -2.42. The van der Waals surface area contributed by atoms with E-state index in [1.807, 2.05) is 50.4 Å². The van der Waals surface area contributed by atoms with Crippen LogP contribution in [-0.2, 0) is 18.4 Å². The number of H-pyrrole nitrogens is 1. The van der Waals surface area contributed by atoms with Crippen molar-refractivity contribution in [3.05, 3.63) is 65.5 Å². The quantitative estimate of drug-likeness (QED) is 0.679. The third kappa shape index (κ3) is 3.75. The van der Waals surface area contributed by atoms with Gasteiger partial charge in [-0.05, 0) is 50.5 Å². The first kappa shape index (κ1) is 17.6. The second-order valence-electron chi connectivity index (χ2n) is 6.76. The van der Waals surface area contributed by atoms with E-state index in [0.717, 1.165) is 5.56 Å². The lowest BCUT2D eigenvalue weighted by atomic mass is 9.76. The third-order valence-corrected chi connectivity index (χ3v) is 5.12. The Kier molecular flexibility index (Phi) is 4.92. The summed E-state index contributed by atoms with van der Waals surface area (Å²) < 4.78 is 1.79. The molecule has 2 aromatic heterocycles. The maximum atomic E-state index is 11.6. The molecule has 1 unspecified atom stereocenters. The summed E-state index contributed by atoms with van der Waals surface area (Å²) in [6.45, 7) is 3.96. The first-order valence-corrected chi connectivity index (χ1v) is 8.60. The monoisotopic (exact) mass is 359 g/mol. The zero-order chi connectivity index (χ0) is 17.9. The molecule has 0 bridgehead atoms. The van der Waals surface area contributed by atoms with Gasteiger partial charge in [-0.1, -0.05) is 23.7 Å². The van der Waals surface area contributed by atoms with Crippen LogP contribution in [0.4, 0.5) is 0 Å². The highest BCUT2D eigenvalue weighted by Gasteiger charge is 2.45. The van der Waals surface area contributed by atoms with Crippen LogP contribution in [0.15, 0.2) is 49.1 Å². The maximum absolute atomic E-state index is 11.6. The van der Waals surface area contributed by atoms with Crippen molar-refractivity contribution >= 4 is 11.6 Å². The Morgan fingerprint density at radius 1 is 1.24 bits per heavy atom. The van der Waals surface area contributed by atoms with Gasteiger partial charge in [0.15, 0.2) is 5.82 Å². The fourth-order valence-electron chi connectivity index (χ4n) is 3.01. The molecule has 0 amide bonds.